The van der Waals surface area contributed by atoms with Gasteiger partial charge in [0.05, 0.1) is 12.2 Å². The van der Waals surface area contributed by atoms with Crippen LogP contribution in [-0.2, 0) is 9.47 Å². The molecule has 0 unspecified atom stereocenters. The molecule has 2 saturated heterocycles. The van der Waals surface area contributed by atoms with E-state index >= 15 is 0 Å². The van der Waals surface area contributed by atoms with Crippen LogP contribution < -0.4 is 14.9 Å². The molecule has 42 heavy (non-hydrogen) atoms. The first-order valence-corrected chi connectivity index (χ1v) is 12.9. The Bertz CT molecular complexity index is 1520. The fraction of sp³-hybridized carbons (Fsp3) is 0.444. The van der Waals surface area contributed by atoms with Crippen molar-refractivity contribution in [2.24, 2.45) is 0 Å². The van der Waals surface area contributed by atoms with Crippen LogP contribution in [0.15, 0.2) is 39.5 Å². The van der Waals surface area contributed by atoms with Gasteiger partial charge in [-0.3, -0.25) is 4.79 Å². The van der Waals surface area contributed by atoms with E-state index in [0.717, 1.165) is 24.3 Å². The van der Waals surface area contributed by atoms with Crippen LogP contribution in [0.1, 0.15) is 13.8 Å². The Morgan fingerprint density at radius 2 is 1.24 bits per heavy atom. The highest BCUT2D eigenvalue weighted by molar-refractivity contribution is 5.88. The van der Waals surface area contributed by atoms with Crippen LogP contribution in [0.4, 0.5) is 0 Å². The summed E-state index contributed by atoms with van der Waals surface area (Å²) < 4.78 is 28.0. The maximum absolute atomic E-state index is 13.7. The van der Waals surface area contributed by atoms with Gasteiger partial charge < -0.3 is 69.3 Å². The van der Waals surface area contributed by atoms with Crippen molar-refractivity contribution in [1.82, 2.24) is 0 Å². The quantitative estimate of drug-likeness (QED) is 0.161. The molecule has 0 saturated carbocycles. The van der Waals surface area contributed by atoms with Gasteiger partial charge >= 0.3 is 0 Å². The van der Waals surface area contributed by atoms with Gasteiger partial charge in [-0.15, -0.1) is 0 Å². The van der Waals surface area contributed by atoms with E-state index in [0.29, 0.717) is 0 Å². The largest absolute Gasteiger partial charge is 0.507 e. The molecular weight excluding hydrogens is 564 g/mol. The van der Waals surface area contributed by atoms with E-state index in [9.17, 15) is 50.8 Å². The number of phenolic OH excluding ortho intramolecular Hbond substituents is 3. The molecule has 0 amide bonds. The third-order valence-corrected chi connectivity index (χ3v) is 7.25. The average Bonchev–Trinajstić information content (AvgIpc) is 2.94. The van der Waals surface area contributed by atoms with Gasteiger partial charge in [0, 0.05) is 17.7 Å². The minimum atomic E-state index is -1.81. The second-order valence-corrected chi connectivity index (χ2v) is 10.2. The smallest absolute Gasteiger partial charge is 0.239 e. The fourth-order valence-electron chi connectivity index (χ4n) is 4.76. The van der Waals surface area contributed by atoms with Crippen LogP contribution in [0.25, 0.3) is 22.3 Å². The number of hydrogen-bond donors (Lipinski definition) is 9. The number of fused-ring (bicyclic) bond motifs is 1. The number of phenols is 3. The molecule has 3 aromatic rings. The van der Waals surface area contributed by atoms with Gasteiger partial charge in [0.25, 0.3) is 0 Å². The second-order valence-electron chi connectivity index (χ2n) is 10.2. The molecule has 2 aliphatic heterocycles. The number of aliphatic hydroxyl groups excluding tert-OH is 6. The van der Waals surface area contributed by atoms with Crippen LogP contribution in [0.5, 0.6) is 28.7 Å². The Balaban J connectivity index is 1.61. The zero-order valence-electron chi connectivity index (χ0n) is 22.1. The number of ether oxygens (including phenoxy) is 4. The molecule has 9 N–H and O–H groups in total. The van der Waals surface area contributed by atoms with Crippen molar-refractivity contribution in [2.45, 2.75) is 75.3 Å². The van der Waals surface area contributed by atoms with Gasteiger partial charge in [-0.25, -0.2) is 0 Å². The Hall–Kier alpha value is -3.67. The minimum Gasteiger partial charge on any atom is -0.507 e. The highest BCUT2D eigenvalue weighted by Gasteiger charge is 2.45. The van der Waals surface area contributed by atoms with Gasteiger partial charge in [-0.1, -0.05) is 0 Å². The van der Waals surface area contributed by atoms with E-state index in [2.05, 4.69) is 0 Å². The lowest BCUT2D eigenvalue weighted by Crippen LogP contribution is -2.58. The molecule has 0 spiro atoms. The number of hydrogen-bond acceptors (Lipinski definition) is 15. The van der Waals surface area contributed by atoms with Gasteiger partial charge in [-0.05, 0) is 32.0 Å². The van der Waals surface area contributed by atoms with Crippen molar-refractivity contribution in [2.75, 3.05) is 0 Å². The van der Waals surface area contributed by atoms with Crippen molar-refractivity contribution in [3.05, 3.63) is 40.6 Å². The Morgan fingerprint density at radius 3 is 1.81 bits per heavy atom. The predicted octanol–water partition coefficient (Wildman–Crippen LogP) is -1.01. The zero-order chi connectivity index (χ0) is 30.6. The van der Waals surface area contributed by atoms with Gasteiger partial charge in [0.1, 0.15) is 59.1 Å². The predicted molar refractivity (Wildman–Crippen MR) is 139 cm³/mol. The van der Waals surface area contributed by atoms with Crippen molar-refractivity contribution >= 4 is 11.0 Å². The van der Waals surface area contributed by atoms with Crippen molar-refractivity contribution in [1.29, 1.82) is 0 Å². The molecule has 2 aliphatic rings. The fourth-order valence-corrected chi connectivity index (χ4v) is 4.76. The number of benzene rings is 2. The summed E-state index contributed by atoms with van der Waals surface area (Å²) in [7, 11) is 0. The van der Waals surface area contributed by atoms with Gasteiger partial charge in [0.15, 0.2) is 17.3 Å². The summed E-state index contributed by atoms with van der Waals surface area (Å²) >= 11 is 0. The monoisotopic (exact) mass is 594 g/mol. The second kappa shape index (κ2) is 11.2. The SMILES string of the molecule is C[C@@H]1O[C@H](Oc2c(-c3ccc(O)c(O)c3)oc3cc(O[C@@H]4O[C@H](C)[C@H](O)[C@@H](O)[C@H]4O)cc(O)c3c2=O)[C@H](O)[C@H](O)[C@H]1O. The summed E-state index contributed by atoms with van der Waals surface area (Å²) in [4.78, 5) is 13.7. The molecule has 2 aromatic carbocycles. The Labute approximate surface area is 236 Å². The summed E-state index contributed by atoms with van der Waals surface area (Å²) in [5.41, 5.74) is -1.26. The van der Waals surface area contributed by atoms with Crippen LogP contribution in [0, 0.1) is 0 Å². The molecule has 228 valence electrons. The van der Waals surface area contributed by atoms with E-state index in [4.69, 9.17) is 23.4 Å². The Kier molecular flexibility index (Phi) is 7.95. The molecule has 15 heteroatoms. The number of rotatable bonds is 5. The first-order valence-electron chi connectivity index (χ1n) is 12.9. The molecule has 1 aromatic heterocycles. The van der Waals surface area contributed by atoms with Crippen LogP contribution in [-0.4, -0.2) is 107 Å². The molecule has 15 nitrogen and oxygen atoms in total. The van der Waals surface area contributed by atoms with Gasteiger partial charge in [0.2, 0.25) is 23.8 Å². The Morgan fingerprint density at radius 1 is 0.667 bits per heavy atom. The summed E-state index contributed by atoms with van der Waals surface area (Å²) in [5.74, 6) is -2.89. The van der Waals surface area contributed by atoms with Crippen molar-refractivity contribution in [3.63, 3.8) is 0 Å². The lowest BCUT2D eigenvalue weighted by molar-refractivity contribution is -0.268. The van der Waals surface area contributed by atoms with E-state index < -0.39 is 95.2 Å². The molecule has 3 heterocycles. The van der Waals surface area contributed by atoms with E-state index in [1.54, 1.807) is 0 Å². The van der Waals surface area contributed by atoms with Crippen LogP contribution >= 0.6 is 0 Å². The van der Waals surface area contributed by atoms with E-state index in [1.807, 2.05) is 0 Å². The van der Waals surface area contributed by atoms with E-state index in [-0.39, 0.29) is 22.7 Å². The molecule has 10 atom stereocenters. The summed E-state index contributed by atoms with van der Waals surface area (Å²) in [5, 5.41) is 91.2. The molecule has 2 fully saturated rings. The van der Waals surface area contributed by atoms with E-state index in [1.165, 1.54) is 19.9 Å². The minimum absolute atomic E-state index is 0.000938. The maximum atomic E-state index is 13.7. The van der Waals surface area contributed by atoms with Crippen molar-refractivity contribution < 1.29 is 69.3 Å². The highest BCUT2D eigenvalue weighted by atomic mass is 16.7. The number of aromatic hydroxyl groups is 3. The third-order valence-electron chi connectivity index (χ3n) is 7.25. The lowest BCUT2D eigenvalue weighted by Gasteiger charge is -2.39. The van der Waals surface area contributed by atoms with Crippen molar-refractivity contribution in [3.8, 4) is 40.1 Å². The first-order chi connectivity index (χ1) is 19.8. The maximum Gasteiger partial charge on any atom is 0.239 e. The molecule has 0 aliphatic carbocycles. The molecule has 5 rings (SSSR count). The molecule has 0 bridgehead atoms. The van der Waals surface area contributed by atoms with Gasteiger partial charge in [-0.2, -0.15) is 0 Å². The summed E-state index contributed by atoms with van der Waals surface area (Å²) in [6, 6.07) is 5.59. The molecule has 0 radical (unpaired) electrons. The standard InChI is InChI=1S/C27H30O15/c1-8-17(31)20(34)22(36)26(38-8)40-11-6-14(30)16-15(7-11)41-24(10-3-4-12(28)13(29)5-10)25(19(16)33)42-27-23(37)21(35)18(32)9(2)39-27/h3-9,17-18,20-23,26-32,34-37H,1-2H3/t8-,9+,17+,18+,20-,21-,22-,23-,26+,27-/m1/s1. The van der Waals surface area contributed by atoms with Crippen LogP contribution in [0.3, 0.4) is 0 Å². The highest BCUT2D eigenvalue weighted by Crippen LogP contribution is 2.40. The average molecular weight is 595 g/mol. The topological polar surface area (TPSA) is 249 Å². The summed E-state index contributed by atoms with van der Waals surface area (Å²) in [6.07, 6.45) is -14.7. The zero-order valence-corrected chi connectivity index (χ0v) is 22.1. The lowest BCUT2D eigenvalue weighted by atomic mass is 10.00. The third kappa shape index (κ3) is 5.21. The normalized spacial score (nSPS) is 33.4. The number of aliphatic hydroxyl groups is 6. The van der Waals surface area contributed by atoms with Crippen LogP contribution in [0.2, 0.25) is 0 Å². The summed E-state index contributed by atoms with van der Waals surface area (Å²) in [6.45, 7) is 2.85. The first kappa shape index (κ1) is 29.8. The molecular formula is C27H30O15.